The Hall–Kier alpha value is -2.94. The van der Waals surface area contributed by atoms with E-state index in [2.05, 4.69) is 61.3 Å². The predicted octanol–water partition coefficient (Wildman–Crippen LogP) is 5.14. The van der Waals surface area contributed by atoms with Crippen LogP contribution in [-0.2, 0) is 18.4 Å². The number of H-pyrrole nitrogens is 1. The minimum atomic E-state index is -0.411. The van der Waals surface area contributed by atoms with E-state index in [-0.39, 0.29) is 5.56 Å². The molecule has 0 aliphatic heterocycles. The van der Waals surface area contributed by atoms with Gasteiger partial charge < -0.3 is 4.98 Å². The molecule has 5 rings (SSSR count). The summed E-state index contributed by atoms with van der Waals surface area (Å²) in [6.07, 6.45) is 12.7. The standard InChI is InChI=1S/C26H26N2O/c1-3-22-20-14-17(2)16-26(22,23-10-11-25(29)28-24(23)15-20)27-13-12-19-9-8-18-6-4-5-7-21(18)19/h3-7,10-14,20H,8-9,15-16H2,1-2H3,(H,28,29). The van der Waals surface area contributed by atoms with E-state index in [1.807, 2.05) is 12.3 Å². The van der Waals surface area contributed by atoms with Gasteiger partial charge in [-0.05, 0) is 67.5 Å². The molecule has 3 nitrogen and oxygen atoms in total. The molecule has 2 bridgehead atoms. The Morgan fingerprint density at radius 1 is 1.17 bits per heavy atom. The molecule has 0 amide bonds. The van der Waals surface area contributed by atoms with Crippen LogP contribution in [0, 0.1) is 5.92 Å². The number of nitrogens with zero attached hydrogens (tertiary/aromatic N) is 1. The number of aromatic amines is 1. The van der Waals surface area contributed by atoms with E-state index in [0.29, 0.717) is 5.92 Å². The maximum Gasteiger partial charge on any atom is 0.248 e. The van der Waals surface area contributed by atoms with Gasteiger partial charge in [-0.15, -0.1) is 0 Å². The summed E-state index contributed by atoms with van der Waals surface area (Å²) in [6, 6.07) is 12.3. The highest BCUT2D eigenvalue weighted by Crippen LogP contribution is 2.51. The van der Waals surface area contributed by atoms with Gasteiger partial charge >= 0.3 is 0 Å². The molecule has 3 aliphatic rings. The SMILES string of the molecule is CC=C1C2C=C(C)CC1(N=CC=C1CCc3ccccc31)c1ccc(=O)[nH]c1C2. The molecule has 0 saturated carbocycles. The monoisotopic (exact) mass is 382 g/mol. The van der Waals surface area contributed by atoms with E-state index in [1.54, 1.807) is 6.07 Å². The molecule has 2 atom stereocenters. The van der Waals surface area contributed by atoms with E-state index >= 15 is 0 Å². The molecule has 1 aromatic carbocycles. The largest absolute Gasteiger partial charge is 0.326 e. The van der Waals surface area contributed by atoms with Gasteiger partial charge in [0.2, 0.25) is 5.56 Å². The van der Waals surface area contributed by atoms with Crippen molar-refractivity contribution >= 4 is 11.8 Å². The topological polar surface area (TPSA) is 45.2 Å². The van der Waals surface area contributed by atoms with Gasteiger partial charge in [-0.2, -0.15) is 0 Å². The number of benzene rings is 1. The smallest absolute Gasteiger partial charge is 0.248 e. The van der Waals surface area contributed by atoms with Crippen LogP contribution < -0.4 is 5.56 Å². The van der Waals surface area contributed by atoms with Crippen LogP contribution in [0.1, 0.15) is 49.1 Å². The lowest BCUT2D eigenvalue weighted by atomic mass is 9.63. The highest BCUT2D eigenvalue weighted by atomic mass is 16.1. The van der Waals surface area contributed by atoms with Gasteiger partial charge in [0.15, 0.2) is 0 Å². The summed E-state index contributed by atoms with van der Waals surface area (Å²) in [4.78, 5) is 20.2. The third-order valence-electron chi connectivity index (χ3n) is 6.68. The Kier molecular flexibility index (Phi) is 4.27. The normalized spacial score (nSPS) is 27.9. The fourth-order valence-electron chi connectivity index (χ4n) is 5.54. The van der Waals surface area contributed by atoms with Gasteiger partial charge in [0, 0.05) is 35.9 Å². The molecule has 146 valence electrons. The van der Waals surface area contributed by atoms with Crippen molar-refractivity contribution in [2.75, 3.05) is 0 Å². The van der Waals surface area contributed by atoms with Crippen molar-refractivity contribution in [2.24, 2.45) is 10.9 Å². The Balaban J connectivity index is 1.62. The highest BCUT2D eigenvalue weighted by Gasteiger charge is 2.46. The highest BCUT2D eigenvalue weighted by molar-refractivity contribution is 5.87. The Morgan fingerprint density at radius 2 is 2.03 bits per heavy atom. The summed E-state index contributed by atoms with van der Waals surface area (Å²) in [7, 11) is 0. The number of aromatic nitrogens is 1. The zero-order valence-corrected chi connectivity index (χ0v) is 17.0. The number of hydrogen-bond acceptors (Lipinski definition) is 2. The molecular weight excluding hydrogens is 356 g/mol. The second-order valence-electron chi connectivity index (χ2n) is 8.45. The van der Waals surface area contributed by atoms with Crippen LogP contribution in [0.3, 0.4) is 0 Å². The first-order chi connectivity index (χ1) is 14.1. The van der Waals surface area contributed by atoms with E-state index in [1.165, 1.54) is 27.8 Å². The van der Waals surface area contributed by atoms with E-state index < -0.39 is 5.54 Å². The van der Waals surface area contributed by atoms with Gasteiger partial charge in [-0.3, -0.25) is 9.79 Å². The van der Waals surface area contributed by atoms with Crippen LogP contribution in [-0.4, -0.2) is 11.2 Å². The summed E-state index contributed by atoms with van der Waals surface area (Å²) < 4.78 is 0. The maximum atomic E-state index is 12.0. The van der Waals surface area contributed by atoms with Gasteiger partial charge in [-0.1, -0.05) is 42.0 Å². The second-order valence-corrected chi connectivity index (χ2v) is 8.45. The number of aryl methyl sites for hydroxylation is 1. The Morgan fingerprint density at radius 3 is 2.90 bits per heavy atom. The number of allylic oxidation sites excluding steroid dienone is 4. The molecule has 0 fully saturated rings. The lowest BCUT2D eigenvalue weighted by Crippen LogP contribution is -2.40. The van der Waals surface area contributed by atoms with Crippen molar-refractivity contribution in [3.8, 4) is 0 Å². The van der Waals surface area contributed by atoms with E-state index in [0.717, 1.165) is 36.9 Å². The molecule has 1 N–H and O–H groups in total. The minimum absolute atomic E-state index is 0.0322. The third-order valence-corrected chi connectivity index (χ3v) is 6.68. The van der Waals surface area contributed by atoms with Gasteiger partial charge in [-0.25, -0.2) is 0 Å². The van der Waals surface area contributed by atoms with Crippen molar-refractivity contribution in [3.63, 3.8) is 0 Å². The van der Waals surface area contributed by atoms with Crippen molar-refractivity contribution in [2.45, 2.75) is 45.1 Å². The molecule has 3 aliphatic carbocycles. The van der Waals surface area contributed by atoms with E-state index in [9.17, 15) is 4.79 Å². The average molecular weight is 383 g/mol. The van der Waals surface area contributed by atoms with Crippen molar-refractivity contribution in [1.82, 2.24) is 4.98 Å². The molecule has 1 heterocycles. The summed E-state index contributed by atoms with van der Waals surface area (Å²) in [5.41, 5.74) is 8.60. The summed E-state index contributed by atoms with van der Waals surface area (Å²) in [6.45, 7) is 4.31. The lowest BCUT2D eigenvalue weighted by molar-refractivity contribution is 0.413. The zero-order chi connectivity index (χ0) is 20.0. The number of hydrogen-bond donors (Lipinski definition) is 1. The summed E-state index contributed by atoms with van der Waals surface area (Å²) in [5.74, 6) is 0.302. The molecule has 0 saturated heterocycles. The van der Waals surface area contributed by atoms with Gasteiger partial charge in [0.05, 0.1) is 0 Å². The Bertz CT molecular complexity index is 1160. The molecular formula is C26H26N2O. The van der Waals surface area contributed by atoms with Crippen molar-refractivity contribution in [3.05, 3.63) is 98.5 Å². The molecule has 29 heavy (non-hydrogen) atoms. The fraction of sp³-hybridized carbons (Fsp3) is 0.308. The fourth-order valence-corrected chi connectivity index (χ4v) is 5.54. The second kappa shape index (κ2) is 6.84. The van der Waals surface area contributed by atoms with Gasteiger partial charge in [0.25, 0.3) is 0 Å². The number of fused-ring (bicyclic) bond motifs is 5. The molecule has 1 aromatic heterocycles. The molecule has 2 aromatic rings. The van der Waals surface area contributed by atoms with Crippen LogP contribution >= 0.6 is 0 Å². The van der Waals surface area contributed by atoms with Crippen LogP contribution in [0.2, 0.25) is 0 Å². The molecule has 3 heteroatoms. The predicted molar refractivity (Wildman–Crippen MR) is 119 cm³/mol. The molecule has 0 radical (unpaired) electrons. The third kappa shape index (κ3) is 2.88. The molecule has 2 unspecified atom stereocenters. The summed E-state index contributed by atoms with van der Waals surface area (Å²) >= 11 is 0. The van der Waals surface area contributed by atoms with Crippen LogP contribution in [0.15, 0.2) is 75.6 Å². The average Bonchev–Trinajstić information content (AvgIpc) is 3.10. The number of pyridine rings is 1. The zero-order valence-electron chi connectivity index (χ0n) is 17.0. The number of aliphatic imine (C=N–C) groups is 1. The van der Waals surface area contributed by atoms with Crippen molar-refractivity contribution < 1.29 is 0 Å². The van der Waals surface area contributed by atoms with Crippen molar-refractivity contribution in [1.29, 1.82) is 0 Å². The lowest BCUT2D eigenvalue weighted by Gasteiger charge is -2.45. The van der Waals surface area contributed by atoms with Gasteiger partial charge in [0.1, 0.15) is 5.54 Å². The first-order valence-corrected chi connectivity index (χ1v) is 10.5. The van der Waals surface area contributed by atoms with Crippen LogP contribution in [0.4, 0.5) is 0 Å². The minimum Gasteiger partial charge on any atom is -0.326 e. The number of nitrogens with one attached hydrogen (secondary N) is 1. The molecule has 0 spiro atoms. The van der Waals surface area contributed by atoms with Crippen LogP contribution in [0.5, 0.6) is 0 Å². The van der Waals surface area contributed by atoms with Crippen LogP contribution in [0.25, 0.3) is 5.57 Å². The first-order valence-electron chi connectivity index (χ1n) is 10.5. The van der Waals surface area contributed by atoms with E-state index in [4.69, 9.17) is 4.99 Å². The first kappa shape index (κ1) is 18.1. The Labute approximate surface area is 171 Å². The maximum absolute atomic E-state index is 12.0. The summed E-state index contributed by atoms with van der Waals surface area (Å²) in [5, 5.41) is 0. The number of rotatable bonds is 2. The quantitative estimate of drug-likeness (QED) is 0.567.